The lowest BCUT2D eigenvalue weighted by Gasteiger charge is -2.07. The zero-order chi connectivity index (χ0) is 14.7. The maximum Gasteiger partial charge on any atom is 0.337 e. The first-order valence-electron chi connectivity index (χ1n) is 5.48. The quantitative estimate of drug-likeness (QED) is 0.907. The molecule has 1 amide bonds. The summed E-state index contributed by atoms with van der Waals surface area (Å²) in [5, 5.41) is 13.6. The van der Waals surface area contributed by atoms with Gasteiger partial charge in [0.15, 0.2) is 0 Å². The third-order valence-corrected chi connectivity index (χ3v) is 3.64. The number of carbonyl (C=O) groups excluding carboxylic acids is 1. The van der Waals surface area contributed by atoms with E-state index in [1.165, 1.54) is 36.6 Å². The Hall–Kier alpha value is -2.05. The Balaban J connectivity index is 2.27. The van der Waals surface area contributed by atoms with E-state index in [1.807, 2.05) is 0 Å². The molecule has 1 aromatic carbocycles. The molecular weight excluding hydrogens is 302 g/mol. The topological polar surface area (TPSA) is 75.6 Å². The molecule has 0 aliphatic heterocycles. The van der Waals surface area contributed by atoms with Crippen molar-refractivity contribution in [1.29, 1.82) is 0 Å². The maximum absolute atomic E-state index is 12.0. The minimum Gasteiger partial charge on any atom is -0.496 e. The summed E-state index contributed by atoms with van der Waals surface area (Å²) in [6.07, 6.45) is 0. The first-order valence-corrected chi connectivity index (χ1v) is 6.73. The second-order valence-corrected chi connectivity index (χ2v) is 5.15. The first kappa shape index (κ1) is 14.4. The first-order chi connectivity index (χ1) is 9.51. The fraction of sp³-hybridized carbons (Fsp3) is 0.0769. The lowest BCUT2D eigenvalue weighted by Crippen LogP contribution is -2.13. The van der Waals surface area contributed by atoms with Gasteiger partial charge in [-0.15, -0.1) is 11.3 Å². The molecule has 104 valence electrons. The standard InChI is InChI=1S/C13H10ClNO4S/c1-19-8-5-11(20-6-8)12(16)15-10-4-7(14)2-3-9(10)13(17)18/h2-6H,1H3,(H,15,16)(H,17,18). The van der Waals surface area contributed by atoms with Crippen molar-refractivity contribution in [3.63, 3.8) is 0 Å². The average molecular weight is 312 g/mol. The van der Waals surface area contributed by atoms with E-state index in [-0.39, 0.29) is 11.3 Å². The highest BCUT2D eigenvalue weighted by Crippen LogP contribution is 2.25. The number of amides is 1. The van der Waals surface area contributed by atoms with Gasteiger partial charge in [-0.2, -0.15) is 0 Å². The van der Waals surface area contributed by atoms with Gasteiger partial charge in [0.25, 0.3) is 5.91 Å². The lowest BCUT2D eigenvalue weighted by atomic mass is 10.2. The van der Waals surface area contributed by atoms with Crippen molar-refractivity contribution in [1.82, 2.24) is 0 Å². The van der Waals surface area contributed by atoms with E-state index in [0.717, 1.165) is 0 Å². The molecule has 0 unspecified atom stereocenters. The number of rotatable bonds is 4. The molecule has 1 heterocycles. The number of thiophene rings is 1. The molecule has 0 aliphatic rings. The molecule has 2 rings (SSSR count). The zero-order valence-electron chi connectivity index (χ0n) is 10.3. The minimum atomic E-state index is -1.14. The van der Waals surface area contributed by atoms with Crippen molar-refractivity contribution in [3.05, 3.63) is 45.1 Å². The van der Waals surface area contributed by atoms with Crippen LogP contribution in [0.4, 0.5) is 5.69 Å². The molecule has 0 fully saturated rings. The number of halogens is 1. The fourth-order valence-electron chi connectivity index (χ4n) is 1.54. The van der Waals surface area contributed by atoms with Crippen molar-refractivity contribution < 1.29 is 19.4 Å². The van der Waals surface area contributed by atoms with Crippen LogP contribution < -0.4 is 10.1 Å². The normalized spacial score (nSPS) is 10.1. The summed E-state index contributed by atoms with van der Waals surface area (Å²) >= 11 is 7.02. The maximum atomic E-state index is 12.0. The van der Waals surface area contributed by atoms with E-state index in [0.29, 0.717) is 15.6 Å². The number of hydrogen-bond donors (Lipinski definition) is 2. The number of aromatic carboxylic acids is 1. The van der Waals surface area contributed by atoms with Crippen LogP contribution in [0.3, 0.4) is 0 Å². The molecule has 0 saturated carbocycles. The predicted molar refractivity (Wildman–Crippen MR) is 77.2 cm³/mol. The molecule has 0 saturated heterocycles. The number of carboxylic acid groups (broad SMARTS) is 1. The molecular formula is C13H10ClNO4S. The Bertz CT molecular complexity index is 668. The highest BCUT2D eigenvalue weighted by atomic mass is 35.5. The molecule has 2 N–H and O–H groups in total. The molecule has 5 nitrogen and oxygen atoms in total. The van der Waals surface area contributed by atoms with Crippen molar-refractivity contribution in [2.75, 3.05) is 12.4 Å². The van der Waals surface area contributed by atoms with Crippen LogP contribution in [0.5, 0.6) is 5.75 Å². The summed E-state index contributed by atoms with van der Waals surface area (Å²) in [5.74, 6) is -0.978. The molecule has 0 radical (unpaired) electrons. The second kappa shape index (κ2) is 5.94. The van der Waals surface area contributed by atoms with E-state index in [2.05, 4.69) is 5.32 Å². The molecule has 20 heavy (non-hydrogen) atoms. The van der Waals surface area contributed by atoms with Gasteiger partial charge in [0.2, 0.25) is 0 Å². The highest BCUT2D eigenvalue weighted by Gasteiger charge is 2.15. The average Bonchev–Trinajstić information content (AvgIpc) is 2.87. The summed E-state index contributed by atoms with van der Waals surface area (Å²) in [6.45, 7) is 0. The van der Waals surface area contributed by atoms with Gasteiger partial charge in [0.05, 0.1) is 23.2 Å². The van der Waals surface area contributed by atoms with E-state index in [4.69, 9.17) is 21.4 Å². The largest absolute Gasteiger partial charge is 0.496 e. The Labute approximate surface area is 123 Å². The highest BCUT2D eigenvalue weighted by molar-refractivity contribution is 7.12. The summed E-state index contributed by atoms with van der Waals surface area (Å²) in [7, 11) is 1.50. The van der Waals surface area contributed by atoms with Crippen LogP contribution >= 0.6 is 22.9 Å². The number of ether oxygens (including phenoxy) is 1. The number of benzene rings is 1. The van der Waals surface area contributed by atoms with E-state index in [9.17, 15) is 9.59 Å². The smallest absolute Gasteiger partial charge is 0.337 e. The summed E-state index contributed by atoms with van der Waals surface area (Å²) < 4.78 is 4.99. The summed E-state index contributed by atoms with van der Waals surface area (Å²) in [5.41, 5.74) is 0.133. The minimum absolute atomic E-state index is 0.0220. The molecule has 0 bridgehead atoms. The summed E-state index contributed by atoms with van der Waals surface area (Å²) in [4.78, 5) is 23.5. The van der Waals surface area contributed by atoms with Gasteiger partial charge in [-0.05, 0) is 18.2 Å². The van der Waals surface area contributed by atoms with Crippen molar-refractivity contribution in [2.45, 2.75) is 0 Å². The van der Waals surface area contributed by atoms with Gasteiger partial charge >= 0.3 is 5.97 Å². The van der Waals surface area contributed by atoms with E-state index < -0.39 is 11.9 Å². The van der Waals surface area contributed by atoms with Crippen LogP contribution in [0.15, 0.2) is 29.6 Å². The molecule has 1 aromatic heterocycles. The van der Waals surface area contributed by atoms with Gasteiger partial charge in [-0.25, -0.2) is 4.79 Å². The van der Waals surface area contributed by atoms with Gasteiger partial charge in [-0.3, -0.25) is 4.79 Å². The number of anilines is 1. The number of methoxy groups -OCH3 is 1. The fourth-order valence-corrected chi connectivity index (χ4v) is 2.46. The number of carboxylic acids is 1. The van der Waals surface area contributed by atoms with Crippen molar-refractivity contribution >= 4 is 40.5 Å². The lowest BCUT2D eigenvalue weighted by molar-refractivity contribution is 0.0698. The van der Waals surface area contributed by atoms with Crippen LogP contribution in [0.2, 0.25) is 5.02 Å². The summed E-state index contributed by atoms with van der Waals surface area (Å²) in [6, 6.07) is 5.77. The number of hydrogen-bond acceptors (Lipinski definition) is 4. The Kier molecular flexibility index (Phi) is 4.26. The molecule has 0 spiro atoms. The SMILES string of the molecule is COc1csc(C(=O)Nc2cc(Cl)ccc2C(=O)O)c1. The molecule has 0 atom stereocenters. The predicted octanol–water partition coefficient (Wildman–Crippen LogP) is 3.36. The van der Waals surface area contributed by atoms with Crippen LogP contribution in [0, 0.1) is 0 Å². The Morgan fingerprint density at radius 2 is 2.10 bits per heavy atom. The van der Waals surface area contributed by atoms with E-state index in [1.54, 1.807) is 11.4 Å². The van der Waals surface area contributed by atoms with Crippen molar-refractivity contribution in [2.24, 2.45) is 0 Å². The molecule has 7 heteroatoms. The van der Waals surface area contributed by atoms with Crippen LogP contribution in [0.1, 0.15) is 20.0 Å². The Morgan fingerprint density at radius 3 is 2.70 bits per heavy atom. The van der Waals surface area contributed by atoms with Crippen LogP contribution in [-0.4, -0.2) is 24.1 Å². The molecule has 2 aromatic rings. The van der Waals surface area contributed by atoms with Crippen molar-refractivity contribution in [3.8, 4) is 5.75 Å². The van der Waals surface area contributed by atoms with E-state index >= 15 is 0 Å². The Morgan fingerprint density at radius 1 is 1.35 bits per heavy atom. The van der Waals surface area contributed by atoms with Gasteiger partial charge in [0.1, 0.15) is 5.75 Å². The van der Waals surface area contributed by atoms with Gasteiger partial charge in [-0.1, -0.05) is 11.6 Å². The zero-order valence-corrected chi connectivity index (χ0v) is 11.9. The third-order valence-electron chi connectivity index (χ3n) is 2.50. The van der Waals surface area contributed by atoms with Gasteiger partial charge < -0.3 is 15.2 Å². The van der Waals surface area contributed by atoms with Gasteiger partial charge in [0, 0.05) is 16.5 Å². The second-order valence-electron chi connectivity index (χ2n) is 3.80. The third kappa shape index (κ3) is 3.09. The van der Waals surface area contributed by atoms with Crippen LogP contribution in [0.25, 0.3) is 0 Å². The van der Waals surface area contributed by atoms with Crippen LogP contribution in [-0.2, 0) is 0 Å². The number of carbonyl (C=O) groups is 2. The number of nitrogens with one attached hydrogen (secondary N) is 1. The monoisotopic (exact) mass is 311 g/mol. The molecule has 0 aliphatic carbocycles.